The largest absolute Gasteiger partial charge is 0.497 e. The molecule has 0 aliphatic carbocycles. The highest BCUT2D eigenvalue weighted by Gasteiger charge is 2.13. The number of carbonyl (C=O) groups is 1. The first kappa shape index (κ1) is 16.9. The average molecular weight is 335 g/mol. The number of methoxy groups -OCH3 is 2. The SMILES string of the molecule is COc1ccc(NC(=O)c2cc(=O)[nH]c(CSC)n2)c(OC)c1. The molecule has 0 bridgehead atoms. The Morgan fingerprint density at radius 3 is 2.74 bits per heavy atom. The summed E-state index contributed by atoms with van der Waals surface area (Å²) in [4.78, 5) is 30.7. The lowest BCUT2D eigenvalue weighted by atomic mass is 10.2. The molecule has 0 aliphatic rings. The van der Waals surface area contributed by atoms with Gasteiger partial charge in [-0.05, 0) is 18.4 Å². The quantitative estimate of drug-likeness (QED) is 0.837. The fraction of sp³-hybridized carbons (Fsp3) is 0.267. The molecule has 2 rings (SSSR count). The van der Waals surface area contributed by atoms with Gasteiger partial charge in [0.1, 0.15) is 23.0 Å². The number of hydrogen-bond acceptors (Lipinski definition) is 6. The standard InChI is InChI=1S/C15H17N3O4S/c1-21-9-4-5-10(12(6-9)22-2)17-15(20)11-7-14(19)18-13(16-11)8-23-3/h4-7H,8H2,1-3H3,(H,17,20)(H,16,18,19). The highest BCUT2D eigenvalue weighted by molar-refractivity contribution is 7.97. The van der Waals surface area contributed by atoms with E-state index in [1.807, 2.05) is 6.26 Å². The summed E-state index contributed by atoms with van der Waals surface area (Å²) in [5, 5.41) is 2.68. The molecule has 1 heterocycles. The van der Waals surface area contributed by atoms with Crippen LogP contribution in [0.4, 0.5) is 5.69 Å². The summed E-state index contributed by atoms with van der Waals surface area (Å²) in [5.41, 5.74) is 0.151. The second-order valence-corrected chi connectivity index (χ2v) is 5.40. The van der Waals surface area contributed by atoms with Gasteiger partial charge in [0.25, 0.3) is 11.5 Å². The monoisotopic (exact) mass is 335 g/mol. The van der Waals surface area contributed by atoms with Crippen molar-refractivity contribution in [3.8, 4) is 11.5 Å². The lowest BCUT2D eigenvalue weighted by molar-refractivity contribution is 0.102. The normalized spacial score (nSPS) is 10.2. The second kappa shape index (κ2) is 7.68. The van der Waals surface area contributed by atoms with E-state index in [1.54, 1.807) is 25.3 Å². The molecule has 0 fully saturated rings. The van der Waals surface area contributed by atoms with Crippen LogP contribution >= 0.6 is 11.8 Å². The van der Waals surface area contributed by atoms with Crippen molar-refractivity contribution >= 4 is 23.4 Å². The predicted octanol–water partition coefficient (Wildman–Crippen LogP) is 1.90. The summed E-state index contributed by atoms with van der Waals surface area (Å²) in [6, 6.07) is 6.17. The van der Waals surface area contributed by atoms with Crippen LogP contribution in [-0.4, -0.2) is 36.4 Å². The van der Waals surface area contributed by atoms with E-state index >= 15 is 0 Å². The number of nitrogens with zero attached hydrogens (tertiary/aromatic N) is 1. The third-order valence-corrected chi connectivity index (χ3v) is 3.52. The van der Waals surface area contributed by atoms with Gasteiger partial charge in [-0.1, -0.05) is 0 Å². The minimum Gasteiger partial charge on any atom is -0.497 e. The van der Waals surface area contributed by atoms with Crippen LogP contribution in [0.15, 0.2) is 29.1 Å². The first-order valence-electron chi connectivity index (χ1n) is 6.70. The smallest absolute Gasteiger partial charge is 0.274 e. The van der Waals surface area contributed by atoms with Crippen molar-refractivity contribution in [3.05, 3.63) is 46.1 Å². The number of thioether (sulfide) groups is 1. The van der Waals surface area contributed by atoms with Crippen LogP contribution in [0, 0.1) is 0 Å². The number of aromatic amines is 1. The molecule has 0 unspecified atom stereocenters. The molecule has 0 saturated carbocycles. The van der Waals surface area contributed by atoms with Gasteiger partial charge in [0.15, 0.2) is 0 Å². The number of H-pyrrole nitrogens is 1. The zero-order valence-corrected chi connectivity index (χ0v) is 13.8. The number of benzene rings is 1. The molecule has 0 saturated heterocycles. The van der Waals surface area contributed by atoms with Gasteiger partial charge in [0, 0.05) is 12.1 Å². The fourth-order valence-electron chi connectivity index (χ4n) is 1.92. The van der Waals surface area contributed by atoms with Gasteiger partial charge in [-0.15, -0.1) is 0 Å². The van der Waals surface area contributed by atoms with Crippen molar-refractivity contribution < 1.29 is 14.3 Å². The van der Waals surface area contributed by atoms with Crippen LogP contribution < -0.4 is 20.3 Å². The molecule has 23 heavy (non-hydrogen) atoms. The average Bonchev–Trinajstić information content (AvgIpc) is 2.55. The molecule has 0 spiro atoms. The number of anilines is 1. The van der Waals surface area contributed by atoms with Crippen molar-refractivity contribution in [1.29, 1.82) is 0 Å². The molecule has 8 heteroatoms. The number of hydrogen-bond donors (Lipinski definition) is 2. The molecule has 2 N–H and O–H groups in total. The van der Waals surface area contributed by atoms with Gasteiger partial charge >= 0.3 is 0 Å². The third kappa shape index (κ3) is 4.26. The molecule has 2 aromatic rings. The van der Waals surface area contributed by atoms with Gasteiger partial charge < -0.3 is 19.8 Å². The minimum absolute atomic E-state index is 0.0515. The van der Waals surface area contributed by atoms with E-state index in [1.165, 1.54) is 18.9 Å². The van der Waals surface area contributed by atoms with Crippen molar-refractivity contribution in [2.75, 3.05) is 25.8 Å². The molecular weight excluding hydrogens is 318 g/mol. The van der Waals surface area contributed by atoms with Crippen LogP contribution in [0.1, 0.15) is 16.3 Å². The molecule has 1 aromatic carbocycles. The third-order valence-electron chi connectivity index (χ3n) is 2.96. The highest BCUT2D eigenvalue weighted by atomic mass is 32.2. The molecule has 0 aliphatic heterocycles. The van der Waals surface area contributed by atoms with Gasteiger partial charge in [-0.3, -0.25) is 9.59 Å². The van der Waals surface area contributed by atoms with Crippen LogP contribution in [0.2, 0.25) is 0 Å². The number of rotatable bonds is 6. The van der Waals surface area contributed by atoms with Crippen molar-refractivity contribution in [2.24, 2.45) is 0 Å². The van der Waals surface area contributed by atoms with E-state index in [0.29, 0.717) is 28.8 Å². The van der Waals surface area contributed by atoms with Gasteiger partial charge in [-0.25, -0.2) is 4.98 Å². The molecule has 0 radical (unpaired) electrons. The van der Waals surface area contributed by atoms with Crippen molar-refractivity contribution in [2.45, 2.75) is 5.75 Å². The lowest BCUT2D eigenvalue weighted by Crippen LogP contribution is -2.20. The summed E-state index contributed by atoms with van der Waals surface area (Å²) < 4.78 is 10.3. The lowest BCUT2D eigenvalue weighted by Gasteiger charge is -2.11. The molecule has 1 aromatic heterocycles. The van der Waals surface area contributed by atoms with E-state index in [0.717, 1.165) is 6.07 Å². The number of ether oxygens (including phenoxy) is 2. The van der Waals surface area contributed by atoms with Crippen molar-refractivity contribution in [1.82, 2.24) is 9.97 Å². The topological polar surface area (TPSA) is 93.3 Å². The van der Waals surface area contributed by atoms with E-state index in [2.05, 4.69) is 15.3 Å². The maximum atomic E-state index is 12.3. The Morgan fingerprint density at radius 2 is 2.09 bits per heavy atom. The van der Waals surface area contributed by atoms with Crippen molar-refractivity contribution in [3.63, 3.8) is 0 Å². The Kier molecular flexibility index (Phi) is 5.64. The zero-order valence-electron chi connectivity index (χ0n) is 13.0. The number of nitrogens with one attached hydrogen (secondary N) is 2. The van der Waals surface area contributed by atoms with Crippen LogP contribution in [-0.2, 0) is 5.75 Å². The second-order valence-electron chi connectivity index (χ2n) is 4.53. The first-order valence-corrected chi connectivity index (χ1v) is 8.09. The van der Waals surface area contributed by atoms with E-state index in [-0.39, 0.29) is 11.3 Å². The van der Waals surface area contributed by atoms with E-state index < -0.39 is 5.91 Å². The molecular formula is C15H17N3O4S. The molecule has 7 nitrogen and oxygen atoms in total. The van der Waals surface area contributed by atoms with Gasteiger partial charge in [0.05, 0.1) is 25.7 Å². The summed E-state index contributed by atoms with van der Waals surface area (Å²) >= 11 is 1.50. The maximum absolute atomic E-state index is 12.3. The summed E-state index contributed by atoms with van der Waals surface area (Å²) in [5.74, 6) is 1.55. The molecule has 1 amide bonds. The first-order chi connectivity index (χ1) is 11.1. The highest BCUT2D eigenvalue weighted by Crippen LogP contribution is 2.29. The van der Waals surface area contributed by atoms with E-state index in [4.69, 9.17) is 9.47 Å². The van der Waals surface area contributed by atoms with Gasteiger partial charge in [0.2, 0.25) is 0 Å². The summed E-state index contributed by atoms with van der Waals surface area (Å²) in [6.45, 7) is 0. The predicted molar refractivity (Wildman–Crippen MR) is 89.6 cm³/mol. The minimum atomic E-state index is -0.484. The Bertz CT molecular complexity index is 761. The van der Waals surface area contributed by atoms with Crippen LogP contribution in [0.3, 0.4) is 0 Å². The Labute approximate surface area is 137 Å². The zero-order chi connectivity index (χ0) is 16.8. The Morgan fingerprint density at radius 1 is 1.30 bits per heavy atom. The number of carbonyl (C=O) groups excluding carboxylic acids is 1. The summed E-state index contributed by atoms with van der Waals surface area (Å²) in [6.07, 6.45) is 1.88. The molecule has 122 valence electrons. The summed E-state index contributed by atoms with van der Waals surface area (Å²) in [7, 11) is 3.03. The molecule has 0 atom stereocenters. The Hall–Kier alpha value is -2.48. The van der Waals surface area contributed by atoms with Gasteiger partial charge in [-0.2, -0.15) is 11.8 Å². The van der Waals surface area contributed by atoms with Crippen LogP contribution in [0.25, 0.3) is 0 Å². The maximum Gasteiger partial charge on any atom is 0.274 e. The number of aromatic nitrogens is 2. The fourth-order valence-corrected chi connectivity index (χ4v) is 2.33. The van der Waals surface area contributed by atoms with E-state index in [9.17, 15) is 9.59 Å². The Balaban J connectivity index is 2.27. The van der Waals surface area contributed by atoms with Crippen LogP contribution in [0.5, 0.6) is 11.5 Å². The number of amides is 1.